The van der Waals surface area contributed by atoms with Gasteiger partial charge in [-0.2, -0.15) is 0 Å². The fourth-order valence-corrected chi connectivity index (χ4v) is 2.93. The predicted molar refractivity (Wildman–Crippen MR) is 59.3 cm³/mol. The molecule has 2 unspecified atom stereocenters. The van der Waals surface area contributed by atoms with Gasteiger partial charge in [-0.05, 0) is 32.8 Å². The number of halogens is 3. The normalized spacial score (nSPS) is 33.8. The first kappa shape index (κ1) is 12.2. The van der Waals surface area contributed by atoms with Crippen molar-refractivity contribution in [1.29, 1.82) is 0 Å². The van der Waals surface area contributed by atoms with Crippen molar-refractivity contribution in [3.63, 3.8) is 0 Å². The molecule has 2 aliphatic rings. The monoisotopic (exact) mass is 235 g/mol. The zero-order valence-electron chi connectivity index (χ0n) is 9.71. The highest BCUT2D eigenvalue weighted by atomic mass is 19.4. The van der Waals surface area contributed by atoms with E-state index in [-0.39, 0.29) is 6.04 Å². The molecule has 0 N–H and O–H groups in total. The van der Waals surface area contributed by atoms with Gasteiger partial charge in [-0.3, -0.25) is 4.90 Å². The largest absolute Gasteiger partial charge is 0.492 e. The van der Waals surface area contributed by atoms with Crippen LogP contribution >= 0.6 is 0 Å². The molecule has 0 aliphatic carbocycles. The molecule has 0 radical (unpaired) electrons. The molecule has 16 heavy (non-hydrogen) atoms. The van der Waals surface area contributed by atoms with Gasteiger partial charge < -0.3 is 17.8 Å². The van der Waals surface area contributed by atoms with E-state index in [0.29, 0.717) is 12.6 Å². The van der Waals surface area contributed by atoms with E-state index >= 15 is 0 Å². The minimum Gasteiger partial charge on any atom is -0.448 e. The van der Waals surface area contributed by atoms with Gasteiger partial charge in [-0.1, -0.05) is 6.42 Å². The first-order valence-electron chi connectivity index (χ1n) is 6.15. The van der Waals surface area contributed by atoms with Crippen LogP contribution in [-0.4, -0.2) is 54.9 Å². The summed E-state index contributed by atoms with van der Waals surface area (Å²) in [5, 5.41) is 0. The molecule has 0 spiro atoms. The molecule has 0 aromatic heterocycles. The number of fused-ring (bicyclic) bond motifs is 1. The quantitative estimate of drug-likeness (QED) is 0.675. The second-order valence-corrected chi connectivity index (χ2v) is 5.16. The molecule has 6 heteroatoms. The van der Waals surface area contributed by atoms with Crippen LogP contribution < -0.4 is 0 Å². The molecule has 2 saturated heterocycles. The first-order chi connectivity index (χ1) is 7.46. The third-order valence-corrected chi connectivity index (χ3v) is 3.76. The highest BCUT2D eigenvalue weighted by Crippen LogP contribution is 2.25. The van der Waals surface area contributed by atoms with E-state index in [2.05, 4.69) is 4.90 Å². The van der Waals surface area contributed by atoms with Crippen molar-refractivity contribution in [2.24, 2.45) is 0 Å². The van der Waals surface area contributed by atoms with E-state index in [0.717, 1.165) is 19.5 Å². The zero-order valence-corrected chi connectivity index (χ0v) is 9.71. The van der Waals surface area contributed by atoms with Crippen LogP contribution in [0.25, 0.3) is 0 Å². The highest BCUT2D eigenvalue weighted by Gasteiger charge is 2.36. The van der Waals surface area contributed by atoms with Gasteiger partial charge in [-0.15, -0.1) is 0 Å². The maximum Gasteiger partial charge on any atom is 0.492 e. The number of hydrogen-bond donors (Lipinski definition) is 0. The van der Waals surface area contributed by atoms with Crippen LogP contribution in [-0.2, 0) is 0 Å². The van der Waals surface area contributed by atoms with Crippen LogP contribution in [0.2, 0.25) is 0 Å². The Morgan fingerprint density at radius 3 is 2.62 bits per heavy atom. The lowest BCUT2D eigenvalue weighted by Crippen LogP contribution is -2.60. The number of rotatable bonds is 2. The number of nitrogens with zero attached hydrogens (tertiary/aromatic N) is 2. The Hall–Kier alpha value is -0.225. The zero-order chi connectivity index (χ0) is 11.8. The standard InChI is InChI=1S/C10H19BF3N2/c1-9-6-15-5-3-2-4-10(15)7-16(9)8-11(12,13)14/h9-10H,2-8H2,1H3/q-1. The summed E-state index contributed by atoms with van der Waals surface area (Å²) in [6, 6.07) is 0.404. The average molecular weight is 235 g/mol. The second-order valence-electron chi connectivity index (χ2n) is 5.16. The molecule has 2 nitrogen and oxygen atoms in total. The third kappa shape index (κ3) is 2.91. The second kappa shape index (κ2) is 4.57. The van der Waals surface area contributed by atoms with Crippen molar-refractivity contribution in [2.45, 2.75) is 38.3 Å². The van der Waals surface area contributed by atoms with E-state index in [1.807, 2.05) is 6.92 Å². The Balaban J connectivity index is 1.95. The molecule has 2 atom stereocenters. The summed E-state index contributed by atoms with van der Waals surface area (Å²) in [6.07, 6.45) is 2.74. The van der Waals surface area contributed by atoms with E-state index in [1.165, 1.54) is 12.8 Å². The summed E-state index contributed by atoms with van der Waals surface area (Å²) >= 11 is 0. The van der Waals surface area contributed by atoms with Crippen LogP contribution in [0, 0.1) is 0 Å². The topological polar surface area (TPSA) is 6.48 Å². The van der Waals surface area contributed by atoms with Gasteiger partial charge in [0.05, 0.1) is 0 Å². The maximum absolute atomic E-state index is 12.4. The lowest BCUT2D eigenvalue weighted by atomic mass is 9.88. The number of piperidine rings is 1. The van der Waals surface area contributed by atoms with Crippen molar-refractivity contribution in [3.8, 4) is 0 Å². The van der Waals surface area contributed by atoms with Crippen LogP contribution in [0.4, 0.5) is 12.9 Å². The van der Waals surface area contributed by atoms with Gasteiger partial charge in [0.2, 0.25) is 0 Å². The Kier molecular flexibility index (Phi) is 3.49. The van der Waals surface area contributed by atoms with Crippen molar-refractivity contribution >= 4 is 6.98 Å². The number of hydrogen-bond acceptors (Lipinski definition) is 2. The summed E-state index contributed by atoms with van der Waals surface area (Å²) in [4.78, 5) is 3.99. The van der Waals surface area contributed by atoms with Crippen LogP contribution in [0.3, 0.4) is 0 Å². The van der Waals surface area contributed by atoms with E-state index in [9.17, 15) is 12.9 Å². The summed E-state index contributed by atoms with van der Waals surface area (Å²) in [5.41, 5.74) is 0. The Morgan fingerprint density at radius 1 is 1.19 bits per heavy atom. The smallest absolute Gasteiger partial charge is 0.448 e. The van der Waals surface area contributed by atoms with Gasteiger partial charge in [-0.25, -0.2) is 0 Å². The van der Waals surface area contributed by atoms with Crippen molar-refractivity contribution in [3.05, 3.63) is 0 Å². The Bertz CT molecular complexity index is 247. The maximum atomic E-state index is 12.4. The molecule has 2 heterocycles. The lowest BCUT2D eigenvalue weighted by Gasteiger charge is -2.48. The van der Waals surface area contributed by atoms with Gasteiger partial charge in [0.15, 0.2) is 0 Å². The van der Waals surface area contributed by atoms with Crippen molar-refractivity contribution < 1.29 is 12.9 Å². The summed E-state index contributed by atoms with van der Waals surface area (Å²) in [5.74, 6) is 0. The molecular formula is C10H19BF3N2-. The third-order valence-electron chi connectivity index (χ3n) is 3.76. The summed E-state index contributed by atoms with van der Waals surface area (Å²) in [7, 11) is 0. The first-order valence-corrected chi connectivity index (χ1v) is 6.15. The molecule has 94 valence electrons. The van der Waals surface area contributed by atoms with Gasteiger partial charge in [0.25, 0.3) is 0 Å². The van der Waals surface area contributed by atoms with Crippen molar-refractivity contribution in [1.82, 2.24) is 9.80 Å². The van der Waals surface area contributed by atoms with E-state index in [4.69, 9.17) is 0 Å². The van der Waals surface area contributed by atoms with Gasteiger partial charge >= 0.3 is 6.98 Å². The molecule has 0 amide bonds. The minimum absolute atomic E-state index is 0.0397. The molecule has 0 aromatic rings. The molecule has 0 saturated carbocycles. The van der Waals surface area contributed by atoms with Crippen molar-refractivity contribution in [2.75, 3.05) is 26.1 Å². The highest BCUT2D eigenvalue weighted by molar-refractivity contribution is 6.58. The minimum atomic E-state index is -4.68. The predicted octanol–water partition coefficient (Wildman–Crippen LogP) is 1.93. The summed E-state index contributed by atoms with van der Waals surface area (Å²) < 4.78 is 37.3. The molecular weight excluding hydrogens is 216 g/mol. The fourth-order valence-electron chi connectivity index (χ4n) is 2.93. The van der Waals surface area contributed by atoms with E-state index < -0.39 is 13.4 Å². The number of piperazine rings is 1. The molecule has 2 fully saturated rings. The van der Waals surface area contributed by atoms with Crippen LogP contribution in [0.1, 0.15) is 26.2 Å². The van der Waals surface area contributed by atoms with E-state index in [1.54, 1.807) is 4.90 Å². The van der Waals surface area contributed by atoms with Crippen LogP contribution in [0.5, 0.6) is 0 Å². The van der Waals surface area contributed by atoms with Gasteiger partial charge in [0, 0.05) is 25.2 Å². The lowest BCUT2D eigenvalue weighted by molar-refractivity contribution is 0.0205. The molecule has 2 aliphatic heterocycles. The molecule has 0 bridgehead atoms. The SMILES string of the molecule is CC1CN2CCCCC2CN1C[B-](F)(F)F. The summed E-state index contributed by atoms with van der Waals surface area (Å²) in [6.45, 7) is -0.301. The fraction of sp³-hybridized carbons (Fsp3) is 1.00. The van der Waals surface area contributed by atoms with Crippen LogP contribution in [0.15, 0.2) is 0 Å². The Morgan fingerprint density at radius 2 is 1.94 bits per heavy atom. The van der Waals surface area contributed by atoms with Gasteiger partial charge in [0.1, 0.15) is 0 Å². The Labute approximate surface area is 94.8 Å². The molecule has 2 rings (SSSR count). The average Bonchev–Trinajstić information content (AvgIpc) is 2.17. The molecule has 0 aromatic carbocycles.